The number of aromatic nitrogens is 1. The van der Waals surface area contributed by atoms with Gasteiger partial charge in [0, 0.05) is 40.5 Å². The van der Waals surface area contributed by atoms with E-state index >= 15 is 0 Å². The maximum Gasteiger partial charge on any atom is 0.303 e. The van der Waals surface area contributed by atoms with Crippen LogP contribution >= 0.6 is 11.8 Å². The quantitative estimate of drug-likeness (QED) is 0.114. The summed E-state index contributed by atoms with van der Waals surface area (Å²) >= 11 is 1.49. The summed E-state index contributed by atoms with van der Waals surface area (Å²) in [5.41, 5.74) is 5.80. The molecule has 1 aliphatic heterocycles. The van der Waals surface area contributed by atoms with Crippen LogP contribution < -0.4 is 5.32 Å². The second-order valence-corrected chi connectivity index (χ2v) is 12.6. The molecule has 48 heavy (non-hydrogen) atoms. The third-order valence-electron chi connectivity index (χ3n) is 8.22. The van der Waals surface area contributed by atoms with Gasteiger partial charge < -0.3 is 29.4 Å². The van der Waals surface area contributed by atoms with E-state index in [-0.39, 0.29) is 43.5 Å². The Balaban J connectivity index is 1.23. The molecule has 4 aromatic carbocycles. The van der Waals surface area contributed by atoms with Crippen LogP contribution in [0.1, 0.15) is 48.8 Å². The number of oxazole rings is 1. The number of amides is 1. The van der Waals surface area contributed by atoms with Crippen molar-refractivity contribution in [3.63, 3.8) is 0 Å². The minimum atomic E-state index is -1.02. The largest absolute Gasteiger partial charge is 0.481 e. The monoisotopic (exact) mass is 664 g/mol. The van der Waals surface area contributed by atoms with E-state index in [1.54, 1.807) is 12.1 Å². The molecule has 0 aliphatic carbocycles. The highest BCUT2D eigenvalue weighted by atomic mass is 32.2. The minimum Gasteiger partial charge on any atom is -0.481 e. The molecule has 2 heterocycles. The van der Waals surface area contributed by atoms with Crippen molar-refractivity contribution in [2.24, 2.45) is 5.92 Å². The Labute approximate surface area is 282 Å². The van der Waals surface area contributed by atoms with Gasteiger partial charge in [-0.2, -0.15) is 0 Å². The molecule has 1 amide bonds. The van der Waals surface area contributed by atoms with E-state index < -0.39 is 12.3 Å². The van der Waals surface area contributed by atoms with Gasteiger partial charge in [0.25, 0.3) is 5.22 Å². The predicted molar refractivity (Wildman–Crippen MR) is 183 cm³/mol. The number of thioether (sulfide) groups is 1. The molecule has 0 bridgehead atoms. The number of rotatable bonds is 12. The number of carboxylic acid groups (broad SMARTS) is 1. The van der Waals surface area contributed by atoms with Crippen molar-refractivity contribution in [2.45, 2.75) is 50.1 Å². The van der Waals surface area contributed by atoms with Gasteiger partial charge in [0.15, 0.2) is 12.1 Å². The zero-order valence-electron chi connectivity index (χ0n) is 26.3. The van der Waals surface area contributed by atoms with Crippen molar-refractivity contribution in [1.82, 2.24) is 4.98 Å². The lowest BCUT2D eigenvalue weighted by Gasteiger charge is -2.41. The fourth-order valence-electron chi connectivity index (χ4n) is 5.57. The van der Waals surface area contributed by atoms with Crippen molar-refractivity contribution in [3.8, 4) is 22.6 Å². The number of benzene rings is 4. The SMILES string of the molecule is C[C@@H]1[C@H](CSc2nc(-c3ccccc3)c(-c3ccccc3)o2)O[C@H](c2ccc(NC(=O)CCC(=O)O)cc2)O[C@@H]1c1ccc(CO)cc1. The van der Waals surface area contributed by atoms with Crippen LogP contribution in [0.2, 0.25) is 0 Å². The summed E-state index contributed by atoms with van der Waals surface area (Å²) in [6, 6.07) is 34.8. The fourth-order valence-corrected chi connectivity index (χ4v) is 6.56. The summed E-state index contributed by atoms with van der Waals surface area (Å²) in [4.78, 5) is 27.9. The Hall–Kier alpha value is -4.74. The molecular weight excluding hydrogens is 628 g/mol. The number of ether oxygens (including phenoxy) is 2. The lowest BCUT2D eigenvalue weighted by atomic mass is 9.91. The molecule has 6 rings (SSSR count). The van der Waals surface area contributed by atoms with Crippen LogP contribution in [0, 0.1) is 5.92 Å². The number of anilines is 1. The zero-order chi connectivity index (χ0) is 33.5. The summed E-state index contributed by atoms with van der Waals surface area (Å²) in [6.07, 6.45) is -1.60. The Morgan fingerprint density at radius 2 is 1.46 bits per heavy atom. The van der Waals surface area contributed by atoms with Crippen LogP contribution in [0.15, 0.2) is 119 Å². The normalized spacial score (nSPS) is 19.1. The first kappa shape index (κ1) is 33.2. The van der Waals surface area contributed by atoms with Crippen LogP contribution in [-0.2, 0) is 25.7 Å². The Bertz CT molecular complexity index is 1760. The van der Waals surface area contributed by atoms with Gasteiger partial charge in [0.1, 0.15) is 5.69 Å². The average molecular weight is 665 g/mol. The number of hydrogen-bond donors (Lipinski definition) is 3. The fraction of sp³-hybridized carbons (Fsp3) is 0.237. The van der Waals surface area contributed by atoms with Crippen molar-refractivity contribution < 1.29 is 33.7 Å². The van der Waals surface area contributed by atoms with Crippen LogP contribution in [0.3, 0.4) is 0 Å². The van der Waals surface area contributed by atoms with Gasteiger partial charge in [-0.15, -0.1) is 0 Å². The van der Waals surface area contributed by atoms with E-state index in [0.29, 0.717) is 22.4 Å². The predicted octanol–water partition coefficient (Wildman–Crippen LogP) is 7.89. The van der Waals surface area contributed by atoms with Gasteiger partial charge in [-0.1, -0.05) is 116 Å². The molecule has 0 spiro atoms. The van der Waals surface area contributed by atoms with E-state index in [9.17, 15) is 14.7 Å². The standard InChI is InChI=1S/C38H36N2O7S/c1-24-31(23-48-38-40-34(26-8-4-2-5-9-26)36(47-38)27-10-6-3-7-11-27)45-37(46-35(24)28-14-12-25(22-41)13-15-28)29-16-18-30(19-17-29)39-32(42)20-21-33(43)44/h2-19,24,31,35,37,41H,20-23H2,1H3,(H,39,42)(H,43,44)/t24-,31+,35+,37+/m1/s1. The first-order valence-electron chi connectivity index (χ1n) is 15.7. The zero-order valence-corrected chi connectivity index (χ0v) is 27.1. The first-order chi connectivity index (χ1) is 23.4. The Morgan fingerprint density at radius 3 is 2.10 bits per heavy atom. The number of nitrogens with one attached hydrogen (secondary N) is 1. The van der Waals surface area contributed by atoms with Crippen LogP contribution in [0.5, 0.6) is 0 Å². The Morgan fingerprint density at radius 1 is 0.812 bits per heavy atom. The van der Waals surface area contributed by atoms with E-state index in [4.69, 9.17) is 24.0 Å². The molecule has 0 unspecified atom stereocenters. The van der Waals surface area contributed by atoms with Crippen LogP contribution in [0.25, 0.3) is 22.6 Å². The molecule has 0 saturated carbocycles. The summed E-state index contributed by atoms with van der Waals surface area (Å²) < 4.78 is 19.5. The van der Waals surface area contributed by atoms with E-state index in [0.717, 1.165) is 33.5 Å². The average Bonchev–Trinajstić information content (AvgIpc) is 3.56. The summed E-state index contributed by atoms with van der Waals surface area (Å²) in [5, 5.41) is 21.7. The van der Waals surface area contributed by atoms with Gasteiger partial charge in [-0.3, -0.25) is 9.59 Å². The highest BCUT2D eigenvalue weighted by Gasteiger charge is 2.38. The number of aliphatic carboxylic acids is 1. The van der Waals surface area contributed by atoms with Crippen molar-refractivity contribution in [3.05, 3.63) is 126 Å². The molecule has 4 atom stereocenters. The number of aliphatic hydroxyl groups is 1. The molecule has 3 N–H and O–H groups in total. The van der Waals surface area contributed by atoms with Crippen molar-refractivity contribution >= 4 is 29.3 Å². The van der Waals surface area contributed by atoms with Gasteiger partial charge in [0.2, 0.25) is 5.91 Å². The number of nitrogens with zero attached hydrogens (tertiary/aromatic N) is 1. The number of carbonyl (C=O) groups excluding carboxylic acids is 1. The second-order valence-electron chi connectivity index (χ2n) is 11.6. The number of carbonyl (C=O) groups is 2. The highest BCUT2D eigenvalue weighted by molar-refractivity contribution is 7.99. The maximum atomic E-state index is 12.1. The van der Waals surface area contributed by atoms with Crippen LogP contribution in [-0.4, -0.2) is 38.9 Å². The smallest absolute Gasteiger partial charge is 0.303 e. The Kier molecular flexibility index (Phi) is 10.7. The highest BCUT2D eigenvalue weighted by Crippen LogP contribution is 2.44. The van der Waals surface area contributed by atoms with Gasteiger partial charge in [-0.05, 0) is 23.3 Å². The summed E-state index contributed by atoms with van der Waals surface area (Å²) in [7, 11) is 0. The van der Waals surface area contributed by atoms with E-state index in [2.05, 4.69) is 12.2 Å². The van der Waals surface area contributed by atoms with E-state index in [1.165, 1.54) is 11.8 Å². The van der Waals surface area contributed by atoms with Crippen molar-refractivity contribution in [2.75, 3.05) is 11.1 Å². The number of aliphatic hydroxyl groups excluding tert-OH is 1. The van der Waals surface area contributed by atoms with Gasteiger partial charge in [-0.25, -0.2) is 4.98 Å². The summed E-state index contributed by atoms with van der Waals surface area (Å²) in [6.45, 7) is 2.06. The lowest BCUT2D eigenvalue weighted by molar-refractivity contribution is -0.268. The van der Waals surface area contributed by atoms with Gasteiger partial charge in [0.05, 0.1) is 25.2 Å². The molecule has 1 aliphatic rings. The third kappa shape index (κ3) is 8.03. The molecule has 10 heteroatoms. The topological polar surface area (TPSA) is 131 Å². The molecule has 246 valence electrons. The number of carboxylic acids is 1. The molecule has 1 aromatic heterocycles. The van der Waals surface area contributed by atoms with Crippen molar-refractivity contribution in [1.29, 1.82) is 0 Å². The summed E-state index contributed by atoms with van der Waals surface area (Å²) in [5.74, 6) is -0.179. The number of hydrogen-bond acceptors (Lipinski definition) is 8. The molecular formula is C38H36N2O7S. The molecule has 5 aromatic rings. The maximum absolute atomic E-state index is 12.1. The first-order valence-corrected chi connectivity index (χ1v) is 16.7. The van der Waals surface area contributed by atoms with E-state index in [1.807, 2.05) is 97.1 Å². The molecule has 0 radical (unpaired) electrons. The molecule has 9 nitrogen and oxygen atoms in total. The molecule has 1 saturated heterocycles. The van der Waals surface area contributed by atoms with Crippen LogP contribution in [0.4, 0.5) is 5.69 Å². The second kappa shape index (κ2) is 15.4. The lowest BCUT2D eigenvalue weighted by Crippen LogP contribution is -2.38. The minimum absolute atomic E-state index is 0.0429. The molecule has 1 fully saturated rings. The third-order valence-corrected chi connectivity index (χ3v) is 9.13. The van der Waals surface area contributed by atoms with Gasteiger partial charge >= 0.3 is 5.97 Å².